The first-order valence-corrected chi connectivity index (χ1v) is 11.1. The van der Waals surface area contributed by atoms with Gasteiger partial charge in [0.25, 0.3) is 0 Å². The minimum atomic E-state index is -4.43. The maximum Gasteiger partial charge on any atom is 0.397 e. The zero-order valence-corrected chi connectivity index (χ0v) is 18.1. The molecule has 1 saturated heterocycles. The number of hydrogen-bond acceptors (Lipinski definition) is 3. The number of amides is 1. The third-order valence-corrected chi connectivity index (χ3v) is 6.65. The number of rotatable bonds is 6. The summed E-state index contributed by atoms with van der Waals surface area (Å²) in [6, 6.07) is 6.58. The summed E-state index contributed by atoms with van der Waals surface area (Å²) in [6.45, 7) is 9.59. The van der Waals surface area contributed by atoms with Crippen molar-refractivity contribution >= 4 is 11.6 Å². The van der Waals surface area contributed by atoms with Gasteiger partial charge in [-0.15, -0.1) is 0 Å². The van der Waals surface area contributed by atoms with E-state index in [1.165, 1.54) is 16.8 Å². The minimum Gasteiger partial charge on any atom is -0.369 e. The summed E-state index contributed by atoms with van der Waals surface area (Å²) >= 11 is 0. The van der Waals surface area contributed by atoms with E-state index < -0.39 is 18.5 Å². The molecule has 1 aromatic carbocycles. The van der Waals surface area contributed by atoms with Crippen molar-refractivity contribution in [3.63, 3.8) is 0 Å². The zero-order chi connectivity index (χ0) is 21.7. The highest BCUT2D eigenvalue weighted by Crippen LogP contribution is 2.28. The molecule has 0 aromatic heterocycles. The summed E-state index contributed by atoms with van der Waals surface area (Å²) in [5.41, 5.74) is 3.97. The van der Waals surface area contributed by atoms with Gasteiger partial charge in [-0.3, -0.25) is 9.69 Å². The SMILES string of the molecule is Cc1ccc(N2CCN(CCC3CCC(NC(=O)CC(F)(F)F)CC3)CC2)cc1C. The molecule has 168 valence electrons. The van der Waals surface area contributed by atoms with Gasteiger partial charge in [-0.1, -0.05) is 6.07 Å². The molecule has 1 aliphatic carbocycles. The molecule has 0 unspecified atom stereocenters. The van der Waals surface area contributed by atoms with E-state index in [9.17, 15) is 18.0 Å². The fourth-order valence-electron chi connectivity index (χ4n) is 4.57. The third-order valence-electron chi connectivity index (χ3n) is 6.65. The van der Waals surface area contributed by atoms with Crippen LogP contribution >= 0.6 is 0 Å². The normalized spacial score (nSPS) is 23.4. The largest absolute Gasteiger partial charge is 0.397 e. The number of nitrogens with one attached hydrogen (secondary N) is 1. The van der Waals surface area contributed by atoms with Crippen LogP contribution in [-0.2, 0) is 4.79 Å². The number of carbonyl (C=O) groups is 1. The van der Waals surface area contributed by atoms with Crippen LogP contribution in [-0.4, -0.2) is 55.7 Å². The predicted molar refractivity (Wildman–Crippen MR) is 114 cm³/mol. The van der Waals surface area contributed by atoms with Crippen molar-refractivity contribution in [3.8, 4) is 0 Å². The molecule has 3 rings (SSSR count). The van der Waals surface area contributed by atoms with Crippen molar-refractivity contribution in [2.45, 2.75) is 64.6 Å². The van der Waals surface area contributed by atoms with Crippen LogP contribution < -0.4 is 10.2 Å². The van der Waals surface area contributed by atoms with Gasteiger partial charge in [-0.25, -0.2) is 0 Å². The highest BCUT2D eigenvalue weighted by atomic mass is 19.4. The molecular formula is C23H34F3N3O. The van der Waals surface area contributed by atoms with E-state index in [-0.39, 0.29) is 6.04 Å². The second-order valence-electron chi connectivity index (χ2n) is 8.96. The standard InChI is InChI=1S/C23H34F3N3O/c1-17-3-8-21(15-18(17)2)29-13-11-28(12-14-29)10-9-19-4-6-20(7-5-19)27-22(30)16-23(24,25)26/h3,8,15,19-20H,4-7,9-14,16H2,1-2H3,(H,27,30). The van der Waals surface area contributed by atoms with Crippen molar-refractivity contribution in [1.29, 1.82) is 0 Å². The van der Waals surface area contributed by atoms with Crippen molar-refractivity contribution in [2.24, 2.45) is 5.92 Å². The van der Waals surface area contributed by atoms with Crippen LogP contribution in [0.1, 0.15) is 49.7 Å². The summed E-state index contributed by atoms with van der Waals surface area (Å²) in [5, 5.41) is 2.55. The Kier molecular flexibility index (Phi) is 7.66. The van der Waals surface area contributed by atoms with Gasteiger partial charge in [0.1, 0.15) is 6.42 Å². The van der Waals surface area contributed by atoms with Crippen LogP contribution in [0.15, 0.2) is 18.2 Å². The lowest BCUT2D eigenvalue weighted by atomic mass is 9.84. The molecule has 7 heteroatoms. The molecule has 1 N–H and O–H groups in total. The molecule has 1 aliphatic heterocycles. The Labute approximate surface area is 177 Å². The summed E-state index contributed by atoms with van der Waals surface area (Å²) in [7, 11) is 0. The highest BCUT2D eigenvalue weighted by molar-refractivity contribution is 5.76. The van der Waals surface area contributed by atoms with Crippen LogP contribution in [0.3, 0.4) is 0 Å². The van der Waals surface area contributed by atoms with Gasteiger partial charge in [0, 0.05) is 37.9 Å². The summed E-state index contributed by atoms with van der Waals surface area (Å²) in [4.78, 5) is 16.4. The molecular weight excluding hydrogens is 391 g/mol. The van der Waals surface area contributed by atoms with E-state index in [1.807, 2.05) is 0 Å². The number of benzene rings is 1. The maximum atomic E-state index is 12.3. The second-order valence-corrected chi connectivity index (χ2v) is 8.96. The number of aryl methyl sites for hydroxylation is 2. The Morgan fingerprint density at radius 1 is 1.03 bits per heavy atom. The molecule has 2 aliphatic rings. The number of anilines is 1. The fraction of sp³-hybridized carbons (Fsp3) is 0.696. The van der Waals surface area contributed by atoms with Crippen LogP contribution in [0.2, 0.25) is 0 Å². The topological polar surface area (TPSA) is 35.6 Å². The van der Waals surface area contributed by atoms with Gasteiger partial charge in [-0.2, -0.15) is 13.2 Å². The minimum absolute atomic E-state index is 0.0994. The molecule has 1 saturated carbocycles. The van der Waals surface area contributed by atoms with Crippen molar-refractivity contribution in [3.05, 3.63) is 29.3 Å². The fourth-order valence-corrected chi connectivity index (χ4v) is 4.57. The van der Waals surface area contributed by atoms with E-state index in [2.05, 4.69) is 47.2 Å². The van der Waals surface area contributed by atoms with Gasteiger partial charge in [0.15, 0.2) is 0 Å². The zero-order valence-electron chi connectivity index (χ0n) is 18.1. The first kappa shape index (κ1) is 22.9. The molecule has 30 heavy (non-hydrogen) atoms. The molecule has 1 heterocycles. The lowest BCUT2D eigenvalue weighted by Gasteiger charge is -2.37. The lowest BCUT2D eigenvalue weighted by Crippen LogP contribution is -2.47. The Balaban J connectivity index is 1.33. The smallest absolute Gasteiger partial charge is 0.369 e. The van der Waals surface area contributed by atoms with E-state index in [1.54, 1.807) is 0 Å². The van der Waals surface area contributed by atoms with Crippen LogP contribution in [0.4, 0.5) is 18.9 Å². The molecule has 0 radical (unpaired) electrons. The molecule has 2 fully saturated rings. The Hall–Kier alpha value is -1.76. The predicted octanol–water partition coefficient (Wildman–Crippen LogP) is 4.44. The average Bonchev–Trinajstić information content (AvgIpc) is 2.68. The molecule has 4 nitrogen and oxygen atoms in total. The van der Waals surface area contributed by atoms with E-state index >= 15 is 0 Å². The van der Waals surface area contributed by atoms with E-state index in [4.69, 9.17) is 0 Å². The van der Waals surface area contributed by atoms with E-state index in [0.717, 1.165) is 64.8 Å². The first-order valence-electron chi connectivity index (χ1n) is 11.1. The first-order chi connectivity index (χ1) is 14.2. The number of nitrogens with zero attached hydrogens (tertiary/aromatic N) is 2. The summed E-state index contributed by atoms with van der Waals surface area (Å²) in [6.07, 6.45) is -1.12. The van der Waals surface area contributed by atoms with Gasteiger partial charge in [0.05, 0.1) is 0 Å². The average molecular weight is 426 g/mol. The Bertz CT molecular complexity index is 706. The van der Waals surface area contributed by atoms with E-state index in [0.29, 0.717) is 5.92 Å². The van der Waals surface area contributed by atoms with Gasteiger partial charge < -0.3 is 10.2 Å². The Morgan fingerprint density at radius 3 is 2.30 bits per heavy atom. The molecule has 0 spiro atoms. The van der Waals surface area contributed by atoms with Gasteiger partial charge in [0.2, 0.25) is 5.91 Å². The number of alkyl halides is 3. The Morgan fingerprint density at radius 2 is 1.70 bits per heavy atom. The van der Waals surface area contributed by atoms with Crippen molar-refractivity contribution in [2.75, 3.05) is 37.6 Å². The second kappa shape index (κ2) is 10.0. The maximum absolute atomic E-state index is 12.3. The lowest BCUT2D eigenvalue weighted by molar-refractivity contribution is -0.154. The number of halogens is 3. The number of piperazine rings is 1. The quantitative estimate of drug-likeness (QED) is 0.732. The number of hydrogen-bond donors (Lipinski definition) is 1. The van der Waals surface area contributed by atoms with Gasteiger partial charge >= 0.3 is 6.18 Å². The van der Waals surface area contributed by atoms with Crippen LogP contribution in [0, 0.1) is 19.8 Å². The number of carbonyl (C=O) groups excluding carboxylic acids is 1. The highest BCUT2D eigenvalue weighted by Gasteiger charge is 2.32. The van der Waals surface area contributed by atoms with Crippen LogP contribution in [0.5, 0.6) is 0 Å². The van der Waals surface area contributed by atoms with Crippen molar-refractivity contribution in [1.82, 2.24) is 10.2 Å². The molecule has 1 aromatic rings. The molecule has 0 bridgehead atoms. The molecule has 1 amide bonds. The molecule has 0 atom stereocenters. The van der Waals surface area contributed by atoms with Crippen molar-refractivity contribution < 1.29 is 18.0 Å². The summed E-state index contributed by atoms with van der Waals surface area (Å²) < 4.78 is 36.9. The summed E-state index contributed by atoms with van der Waals surface area (Å²) in [5.74, 6) is -0.286. The van der Waals surface area contributed by atoms with Gasteiger partial charge in [-0.05, 0) is 81.7 Å². The monoisotopic (exact) mass is 425 g/mol. The van der Waals surface area contributed by atoms with Crippen LogP contribution in [0.25, 0.3) is 0 Å². The third kappa shape index (κ3) is 6.89.